The van der Waals surface area contributed by atoms with E-state index in [0.29, 0.717) is 6.42 Å². The molecule has 6 heteroatoms. The first-order valence-corrected chi connectivity index (χ1v) is 9.22. The fourth-order valence-corrected chi connectivity index (χ4v) is 4.21. The number of carbonyl (C=O) groups excluding carboxylic acids is 1. The van der Waals surface area contributed by atoms with E-state index in [-0.39, 0.29) is 5.91 Å². The number of imidazole rings is 1. The van der Waals surface area contributed by atoms with Crippen LogP contribution in [0.15, 0.2) is 12.5 Å². The second-order valence-electron chi connectivity index (χ2n) is 7.64. The molecule has 0 aliphatic carbocycles. The number of amides is 1. The number of nitrogens with zero attached hydrogens (tertiary/aromatic N) is 4. The summed E-state index contributed by atoms with van der Waals surface area (Å²) in [6, 6.07) is -0.472. The Balaban J connectivity index is 1.46. The van der Waals surface area contributed by atoms with Gasteiger partial charge in [-0.2, -0.15) is 0 Å². The van der Waals surface area contributed by atoms with Gasteiger partial charge in [-0.05, 0) is 57.7 Å². The Kier molecular flexibility index (Phi) is 5.56. The maximum absolute atomic E-state index is 12.6. The van der Waals surface area contributed by atoms with Crippen molar-refractivity contribution >= 4 is 5.91 Å². The van der Waals surface area contributed by atoms with Crippen molar-refractivity contribution in [2.75, 3.05) is 33.2 Å². The summed E-state index contributed by atoms with van der Waals surface area (Å²) in [5.74, 6) is 1.72. The topological polar surface area (TPSA) is 67.4 Å². The first kappa shape index (κ1) is 17.4. The minimum Gasteiger partial charge on any atom is -0.341 e. The lowest BCUT2D eigenvalue weighted by atomic mass is 9.79. The van der Waals surface area contributed by atoms with Crippen LogP contribution in [0.3, 0.4) is 0 Å². The molecular formula is C18H31N5O. The zero-order chi connectivity index (χ0) is 17.1. The predicted octanol–water partition coefficient (Wildman–Crippen LogP) is 0.870. The lowest BCUT2D eigenvalue weighted by Gasteiger charge is -2.40. The number of carbonyl (C=O) groups is 1. The van der Waals surface area contributed by atoms with Crippen molar-refractivity contribution in [3.05, 3.63) is 18.2 Å². The number of likely N-dealkylation sites (tertiary alicyclic amines) is 2. The van der Waals surface area contributed by atoms with Gasteiger partial charge in [0, 0.05) is 32.8 Å². The molecule has 0 radical (unpaired) electrons. The smallest absolute Gasteiger partial charge is 0.239 e. The zero-order valence-corrected chi connectivity index (χ0v) is 15.0. The van der Waals surface area contributed by atoms with Crippen LogP contribution in [0.5, 0.6) is 0 Å². The molecule has 134 valence electrons. The van der Waals surface area contributed by atoms with Crippen molar-refractivity contribution in [2.45, 2.75) is 38.1 Å². The third-order valence-corrected chi connectivity index (χ3v) is 5.79. The molecule has 2 aliphatic rings. The number of hydrogen-bond acceptors (Lipinski definition) is 4. The molecule has 2 aliphatic heterocycles. The highest BCUT2D eigenvalue weighted by molar-refractivity contribution is 5.82. The predicted molar refractivity (Wildman–Crippen MR) is 94.4 cm³/mol. The van der Waals surface area contributed by atoms with Gasteiger partial charge >= 0.3 is 0 Å². The molecule has 1 aromatic rings. The van der Waals surface area contributed by atoms with Crippen LogP contribution in [0.2, 0.25) is 0 Å². The fraction of sp³-hybridized carbons (Fsp3) is 0.778. The zero-order valence-electron chi connectivity index (χ0n) is 15.0. The molecule has 3 heterocycles. The first-order chi connectivity index (χ1) is 11.5. The quantitative estimate of drug-likeness (QED) is 0.888. The highest BCUT2D eigenvalue weighted by Gasteiger charge is 2.31. The molecule has 3 rings (SSSR count). The van der Waals surface area contributed by atoms with E-state index in [1.165, 1.54) is 25.9 Å². The molecule has 2 fully saturated rings. The molecule has 0 unspecified atom stereocenters. The number of hydrogen-bond donors (Lipinski definition) is 1. The molecule has 1 aromatic heterocycles. The Morgan fingerprint density at radius 3 is 2.29 bits per heavy atom. The first-order valence-electron chi connectivity index (χ1n) is 9.22. The van der Waals surface area contributed by atoms with Crippen molar-refractivity contribution in [3.63, 3.8) is 0 Å². The summed E-state index contributed by atoms with van der Waals surface area (Å²) in [7, 11) is 4.14. The van der Waals surface area contributed by atoms with E-state index in [0.717, 1.165) is 43.5 Å². The summed E-state index contributed by atoms with van der Waals surface area (Å²) in [5.41, 5.74) is 7.02. The van der Waals surface area contributed by atoms with Gasteiger partial charge in [0.1, 0.15) is 0 Å². The fourth-order valence-electron chi connectivity index (χ4n) is 4.21. The Bertz CT molecular complexity index is 541. The molecule has 1 atom stereocenters. The number of aromatic nitrogens is 2. The lowest BCUT2D eigenvalue weighted by molar-refractivity contribution is -0.134. The summed E-state index contributed by atoms with van der Waals surface area (Å²) in [6.45, 7) is 4.18. The third-order valence-electron chi connectivity index (χ3n) is 5.79. The number of nitrogens with two attached hydrogens (primary N) is 1. The van der Waals surface area contributed by atoms with Gasteiger partial charge in [-0.1, -0.05) is 0 Å². The summed E-state index contributed by atoms with van der Waals surface area (Å²) < 4.78 is 1.89. The Hall–Kier alpha value is -1.40. The summed E-state index contributed by atoms with van der Waals surface area (Å²) in [6.07, 6.45) is 9.10. The highest BCUT2D eigenvalue weighted by Crippen LogP contribution is 2.32. The van der Waals surface area contributed by atoms with Gasteiger partial charge in [-0.15, -0.1) is 0 Å². The second kappa shape index (κ2) is 7.66. The normalized spacial score (nSPS) is 22.7. The summed E-state index contributed by atoms with van der Waals surface area (Å²) in [4.78, 5) is 21.3. The van der Waals surface area contributed by atoms with Gasteiger partial charge in [0.25, 0.3) is 0 Å². The molecule has 0 aromatic carbocycles. The maximum atomic E-state index is 12.6. The Morgan fingerprint density at radius 1 is 1.17 bits per heavy atom. The Morgan fingerprint density at radius 2 is 1.75 bits per heavy atom. The van der Waals surface area contributed by atoms with E-state index < -0.39 is 6.04 Å². The SMILES string of the molecule is CN1CCC(C2CCN(C(=O)[C@H](N)Cc3cn(C)cn3)CC2)CC1. The van der Waals surface area contributed by atoms with Crippen LogP contribution in [0, 0.1) is 11.8 Å². The lowest BCUT2D eigenvalue weighted by Crippen LogP contribution is -2.49. The minimum atomic E-state index is -0.472. The van der Waals surface area contributed by atoms with Crippen LogP contribution >= 0.6 is 0 Å². The molecule has 24 heavy (non-hydrogen) atoms. The Labute approximate surface area is 145 Å². The van der Waals surface area contributed by atoms with Crippen LogP contribution in [0.4, 0.5) is 0 Å². The molecular weight excluding hydrogens is 302 g/mol. The highest BCUT2D eigenvalue weighted by atomic mass is 16.2. The van der Waals surface area contributed by atoms with Crippen LogP contribution < -0.4 is 5.73 Å². The largest absolute Gasteiger partial charge is 0.341 e. The number of rotatable bonds is 4. The standard InChI is InChI=1S/C18H31N5O/c1-21-7-3-14(4-8-21)15-5-9-23(10-6-15)18(24)17(19)11-16-12-22(2)13-20-16/h12-15,17H,3-11,19H2,1-2H3/t17-/m1/s1. The van der Waals surface area contributed by atoms with Crippen LogP contribution in [0.1, 0.15) is 31.4 Å². The van der Waals surface area contributed by atoms with E-state index in [9.17, 15) is 4.79 Å². The molecule has 2 N–H and O–H groups in total. The van der Waals surface area contributed by atoms with Gasteiger partial charge in [0.15, 0.2) is 0 Å². The van der Waals surface area contributed by atoms with Crippen molar-refractivity contribution < 1.29 is 4.79 Å². The van der Waals surface area contributed by atoms with Gasteiger partial charge in [-0.25, -0.2) is 4.98 Å². The van der Waals surface area contributed by atoms with E-state index in [1.807, 2.05) is 22.7 Å². The molecule has 0 spiro atoms. The molecule has 0 bridgehead atoms. The van der Waals surface area contributed by atoms with Gasteiger partial charge in [-0.3, -0.25) is 4.79 Å². The average molecular weight is 333 g/mol. The van der Waals surface area contributed by atoms with Gasteiger partial charge in [0.05, 0.1) is 18.1 Å². The van der Waals surface area contributed by atoms with Crippen molar-refractivity contribution in [1.29, 1.82) is 0 Å². The van der Waals surface area contributed by atoms with Crippen molar-refractivity contribution in [1.82, 2.24) is 19.4 Å². The second-order valence-corrected chi connectivity index (χ2v) is 7.64. The van der Waals surface area contributed by atoms with Crippen LogP contribution in [-0.2, 0) is 18.3 Å². The summed E-state index contributed by atoms with van der Waals surface area (Å²) in [5, 5.41) is 0. The van der Waals surface area contributed by atoms with Crippen LogP contribution in [-0.4, -0.2) is 64.5 Å². The monoisotopic (exact) mass is 333 g/mol. The number of aryl methyl sites for hydroxylation is 1. The molecule has 0 saturated carbocycles. The molecule has 6 nitrogen and oxygen atoms in total. The summed E-state index contributed by atoms with van der Waals surface area (Å²) >= 11 is 0. The van der Waals surface area contributed by atoms with E-state index in [4.69, 9.17) is 5.73 Å². The van der Waals surface area contributed by atoms with E-state index in [2.05, 4.69) is 16.9 Å². The van der Waals surface area contributed by atoms with Crippen molar-refractivity contribution in [2.24, 2.45) is 24.6 Å². The van der Waals surface area contributed by atoms with Crippen LogP contribution in [0.25, 0.3) is 0 Å². The maximum Gasteiger partial charge on any atom is 0.239 e. The third kappa shape index (κ3) is 4.16. The minimum absolute atomic E-state index is 0.0856. The van der Waals surface area contributed by atoms with E-state index >= 15 is 0 Å². The number of piperidine rings is 2. The molecule has 1 amide bonds. The average Bonchev–Trinajstić information content (AvgIpc) is 3.00. The van der Waals surface area contributed by atoms with E-state index in [1.54, 1.807) is 6.33 Å². The van der Waals surface area contributed by atoms with Gasteiger partial charge in [0.2, 0.25) is 5.91 Å². The molecule has 2 saturated heterocycles. The van der Waals surface area contributed by atoms with Crippen molar-refractivity contribution in [3.8, 4) is 0 Å². The van der Waals surface area contributed by atoms with Gasteiger partial charge < -0.3 is 20.1 Å².